The van der Waals surface area contributed by atoms with Gasteiger partial charge in [-0.2, -0.15) is 0 Å². The Morgan fingerprint density at radius 1 is 1.15 bits per heavy atom. The Balaban J connectivity index is 2.65. The van der Waals surface area contributed by atoms with Crippen molar-refractivity contribution in [1.82, 2.24) is 0 Å². The number of aliphatic hydroxyl groups excluding tert-OH is 1. The molecule has 104 valence electrons. The highest BCUT2D eigenvalue weighted by atomic mass is 35.5. The molecule has 2 aromatic carbocycles. The standard InChI is InChI=1S/C14H10Cl2FNO2/c15-8-3-7(4-9(16)5-8)12-6-10(17)1-2-11(12)13(19)14(18)20/h1-6,13,19H,(H2,18,20). The molecule has 3 N–H and O–H groups in total. The highest BCUT2D eigenvalue weighted by molar-refractivity contribution is 6.35. The quantitative estimate of drug-likeness (QED) is 0.913. The van der Waals surface area contributed by atoms with Gasteiger partial charge in [0.05, 0.1) is 0 Å². The fraction of sp³-hybridized carbons (Fsp3) is 0.0714. The van der Waals surface area contributed by atoms with Crippen molar-refractivity contribution in [2.45, 2.75) is 6.10 Å². The number of rotatable bonds is 3. The molecule has 0 aliphatic carbocycles. The van der Waals surface area contributed by atoms with Crippen LogP contribution in [0.25, 0.3) is 11.1 Å². The van der Waals surface area contributed by atoms with Crippen LogP contribution in [0.15, 0.2) is 36.4 Å². The Hall–Kier alpha value is -1.62. The van der Waals surface area contributed by atoms with Gasteiger partial charge in [0.25, 0.3) is 5.91 Å². The van der Waals surface area contributed by atoms with E-state index < -0.39 is 17.8 Å². The van der Waals surface area contributed by atoms with Crippen LogP contribution < -0.4 is 5.73 Å². The van der Waals surface area contributed by atoms with Gasteiger partial charge >= 0.3 is 0 Å². The molecule has 0 heterocycles. The Bertz CT molecular complexity index is 656. The first-order valence-electron chi connectivity index (χ1n) is 5.62. The number of nitrogens with two attached hydrogens (primary N) is 1. The largest absolute Gasteiger partial charge is 0.378 e. The maximum Gasteiger partial charge on any atom is 0.250 e. The zero-order valence-electron chi connectivity index (χ0n) is 10.1. The minimum atomic E-state index is -1.54. The van der Waals surface area contributed by atoms with E-state index in [0.717, 1.165) is 6.07 Å². The number of benzene rings is 2. The summed E-state index contributed by atoms with van der Waals surface area (Å²) in [5.74, 6) is -1.44. The van der Waals surface area contributed by atoms with Crippen LogP contribution in [0.2, 0.25) is 10.0 Å². The number of carbonyl (C=O) groups excluding carboxylic acids is 1. The monoisotopic (exact) mass is 313 g/mol. The van der Waals surface area contributed by atoms with Crippen molar-refractivity contribution >= 4 is 29.1 Å². The summed E-state index contributed by atoms with van der Waals surface area (Å²) < 4.78 is 13.4. The average molecular weight is 314 g/mol. The second kappa shape index (κ2) is 5.79. The first kappa shape index (κ1) is 14.8. The molecule has 1 amide bonds. The van der Waals surface area contributed by atoms with Crippen molar-refractivity contribution in [3.63, 3.8) is 0 Å². The smallest absolute Gasteiger partial charge is 0.250 e. The molecule has 6 heteroatoms. The Kier molecular flexibility index (Phi) is 4.28. The van der Waals surface area contributed by atoms with Crippen molar-refractivity contribution in [3.05, 3.63) is 57.8 Å². The molecule has 0 bridgehead atoms. The highest BCUT2D eigenvalue weighted by Gasteiger charge is 2.19. The van der Waals surface area contributed by atoms with Crippen LogP contribution in [0.1, 0.15) is 11.7 Å². The lowest BCUT2D eigenvalue weighted by Gasteiger charge is -2.14. The SMILES string of the molecule is NC(=O)C(O)c1ccc(F)cc1-c1cc(Cl)cc(Cl)c1. The fourth-order valence-corrected chi connectivity index (χ4v) is 2.41. The lowest BCUT2D eigenvalue weighted by molar-refractivity contribution is -0.126. The zero-order valence-corrected chi connectivity index (χ0v) is 11.6. The van der Waals surface area contributed by atoms with Gasteiger partial charge < -0.3 is 10.8 Å². The second-order valence-corrected chi connectivity index (χ2v) is 5.07. The molecule has 0 saturated heterocycles. The van der Waals surface area contributed by atoms with Gasteiger partial charge in [0.1, 0.15) is 5.82 Å². The lowest BCUT2D eigenvalue weighted by Crippen LogP contribution is -2.21. The van der Waals surface area contributed by atoms with Crippen LogP contribution in [0.4, 0.5) is 4.39 Å². The molecule has 1 atom stereocenters. The minimum Gasteiger partial charge on any atom is -0.378 e. The number of halogens is 3. The van der Waals surface area contributed by atoms with E-state index in [-0.39, 0.29) is 5.56 Å². The molecule has 3 nitrogen and oxygen atoms in total. The number of carbonyl (C=O) groups is 1. The van der Waals surface area contributed by atoms with Crippen LogP contribution >= 0.6 is 23.2 Å². The van der Waals surface area contributed by atoms with E-state index in [9.17, 15) is 14.3 Å². The molecule has 1 unspecified atom stereocenters. The summed E-state index contributed by atoms with van der Waals surface area (Å²) in [5.41, 5.74) is 6.06. The third kappa shape index (κ3) is 3.10. The molecule has 20 heavy (non-hydrogen) atoms. The maximum absolute atomic E-state index is 13.4. The fourth-order valence-electron chi connectivity index (χ4n) is 1.88. The van der Waals surface area contributed by atoms with Crippen molar-refractivity contribution in [2.75, 3.05) is 0 Å². The van der Waals surface area contributed by atoms with Gasteiger partial charge in [-0.05, 0) is 47.0 Å². The average Bonchev–Trinajstić information content (AvgIpc) is 2.36. The predicted molar refractivity (Wildman–Crippen MR) is 76.0 cm³/mol. The topological polar surface area (TPSA) is 63.3 Å². The lowest BCUT2D eigenvalue weighted by atomic mass is 9.95. The van der Waals surface area contributed by atoms with Crippen LogP contribution in [-0.2, 0) is 4.79 Å². The van der Waals surface area contributed by atoms with E-state index >= 15 is 0 Å². The van der Waals surface area contributed by atoms with Gasteiger partial charge in [-0.1, -0.05) is 29.3 Å². The van der Waals surface area contributed by atoms with E-state index in [1.54, 1.807) is 12.1 Å². The summed E-state index contributed by atoms with van der Waals surface area (Å²) in [6.45, 7) is 0. The number of primary amides is 1. The van der Waals surface area contributed by atoms with Crippen LogP contribution in [-0.4, -0.2) is 11.0 Å². The highest BCUT2D eigenvalue weighted by Crippen LogP contribution is 2.32. The van der Waals surface area contributed by atoms with Crippen LogP contribution in [0, 0.1) is 5.82 Å². The van der Waals surface area contributed by atoms with Crippen molar-refractivity contribution in [2.24, 2.45) is 5.73 Å². The molecule has 0 aliphatic heterocycles. The van der Waals surface area contributed by atoms with Crippen LogP contribution in [0.5, 0.6) is 0 Å². The summed E-state index contributed by atoms with van der Waals surface area (Å²) in [7, 11) is 0. The van der Waals surface area contributed by atoms with E-state index in [1.807, 2.05) is 0 Å². The molecular weight excluding hydrogens is 304 g/mol. The molecule has 0 radical (unpaired) electrons. The van der Waals surface area contributed by atoms with E-state index in [0.29, 0.717) is 21.2 Å². The van der Waals surface area contributed by atoms with Gasteiger partial charge in [0.15, 0.2) is 6.10 Å². The Morgan fingerprint density at radius 3 is 2.30 bits per heavy atom. The Labute approximate surface area is 124 Å². The van der Waals surface area contributed by atoms with E-state index in [4.69, 9.17) is 28.9 Å². The number of amides is 1. The molecule has 0 spiro atoms. The summed E-state index contributed by atoms with van der Waals surface area (Å²) in [6, 6.07) is 8.25. The van der Waals surface area contributed by atoms with Crippen molar-refractivity contribution < 1.29 is 14.3 Å². The van der Waals surface area contributed by atoms with Gasteiger partial charge in [-0.3, -0.25) is 4.79 Å². The molecule has 0 fully saturated rings. The van der Waals surface area contributed by atoms with Gasteiger partial charge in [0.2, 0.25) is 0 Å². The third-order valence-corrected chi connectivity index (χ3v) is 3.19. The van der Waals surface area contributed by atoms with Gasteiger partial charge in [-0.25, -0.2) is 4.39 Å². The minimum absolute atomic E-state index is 0.192. The van der Waals surface area contributed by atoms with E-state index in [2.05, 4.69) is 0 Å². The molecule has 0 aromatic heterocycles. The molecule has 0 saturated carbocycles. The zero-order chi connectivity index (χ0) is 14.9. The summed E-state index contributed by atoms with van der Waals surface area (Å²) in [5, 5.41) is 10.5. The molecule has 2 rings (SSSR count). The maximum atomic E-state index is 13.4. The van der Waals surface area contributed by atoms with Gasteiger partial charge in [-0.15, -0.1) is 0 Å². The van der Waals surface area contributed by atoms with Crippen molar-refractivity contribution in [3.8, 4) is 11.1 Å². The summed E-state index contributed by atoms with van der Waals surface area (Å²) in [6.07, 6.45) is -1.54. The number of hydrogen-bond acceptors (Lipinski definition) is 2. The molecule has 0 aliphatic rings. The summed E-state index contributed by atoms with van der Waals surface area (Å²) in [4.78, 5) is 11.1. The molecule has 2 aromatic rings. The normalized spacial score (nSPS) is 12.2. The molecular formula is C14H10Cl2FNO2. The van der Waals surface area contributed by atoms with E-state index in [1.165, 1.54) is 18.2 Å². The second-order valence-electron chi connectivity index (χ2n) is 4.19. The number of aliphatic hydroxyl groups is 1. The third-order valence-electron chi connectivity index (χ3n) is 2.75. The van der Waals surface area contributed by atoms with Gasteiger partial charge in [0, 0.05) is 10.0 Å². The Morgan fingerprint density at radius 2 is 1.75 bits per heavy atom. The summed E-state index contributed by atoms with van der Waals surface area (Å²) >= 11 is 11.8. The van der Waals surface area contributed by atoms with Crippen LogP contribution in [0.3, 0.4) is 0 Å². The number of hydrogen-bond donors (Lipinski definition) is 2. The first-order valence-corrected chi connectivity index (χ1v) is 6.37. The predicted octanol–water partition coefficient (Wildman–Crippen LogP) is 3.32. The first-order chi connectivity index (χ1) is 9.38. The van der Waals surface area contributed by atoms with Crippen molar-refractivity contribution in [1.29, 1.82) is 0 Å².